The molecule has 4 aromatic heterocycles. The van der Waals surface area contributed by atoms with E-state index in [1.54, 1.807) is 7.11 Å². The molecule has 0 amide bonds. The van der Waals surface area contributed by atoms with Crippen LogP contribution in [0.2, 0.25) is 0 Å². The lowest BCUT2D eigenvalue weighted by atomic mass is 9.98. The van der Waals surface area contributed by atoms with Gasteiger partial charge in [-0.15, -0.1) is 0 Å². The third-order valence-electron chi connectivity index (χ3n) is 10.2. The van der Waals surface area contributed by atoms with Crippen LogP contribution in [0.15, 0.2) is 152 Å². The highest BCUT2D eigenvalue weighted by Crippen LogP contribution is 2.49. The van der Waals surface area contributed by atoms with Crippen molar-refractivity contribution in [3.05, 3.63) is 152 Å². The van der Waals surface area contributed by atoms with Crippen LogP contribution in [0.3, 0.4) is 0 Å². The molecule has 7 aromatic carbocycles. The first-order chi connectivity index (χ1) is 24.3. The van der Waals surface area contributed by atoms with Crippen molar-refractivity contribution in [3.63, 3.8) is 0 Å². The molecule has 5 nitrogen and oxygen atoms in total. The van der Waals surface area contributed by atoms with Crippen LogP contribution in [0, 0.1) is 0 Å². The van der Waals surface area contributed by atoms with E-state index in [-0.39, 0.29) is 0 Å². The minimum Gasteiger partial charge on any atom is -0.497 e. The zero-order valence-corrected chi connectivity index (χ0v) is 26.6. The van der Waals surface area contributed by atoms with Gasteiger partial charge in [0.15, 0.2) is 0 Å². The Morgan fingerprint density at radius 1 is 0.449 bits per heavy atom. The molecule has 11 rings (SSSR count). The number of nitrogens with zero attached hydrogens (tertiary/aromatic N) is 4. The number of imidazole rings is 1. The van der Waals surface area contributed by atoms with Gasteiger partial charge in [0.2, 0.25) is 0 Å². The van der Waals surface area contributed by atoms with Crippen molar-refractivity contribution < 1.29 is 4.74 Å². The fraction of sp³-hybridized carbons (Fsp3) is 0.0227. The fourth-order valence-electron chi connectivity index (χ4n) is 8.33. The van der Waals surface area contributed by atoms with Gasteiger partial charge in [0.05, 0.1) is 45.7 Å². The van der Waals surface area contributed by atoms with E-state index in [4.69, 9.17) is 9.72 Å². The average molecular weight is 629 g/mol. The Morgan fingerprint density at radius 2 is 0.959 bits per heavy atom. The number of hydrogen-bond donors (Lipinski definition) is 0. The Morgan fingerprint density at radius 3 is 1.57 bits per heavy atom. The molecule has 5 heteroatoms. The molecule has 0 atom stereocenters. The number of benzene rings is 7. The van der Waals surface area contributed by atoms with Crippen LogP contribution in [0.1, 0.15) is 0 Å². The van der Waals surface area contributed by atoms with Gasteiger partial charge >= 0.3 is 0 Å². The Balaban J connectivity index is 1.59. The molecular weight excluding hydrogens is 601 g/mol. The smallest absolute Gasteiger partial charge is 0.146 e. The van der Waals surface area contributed by atoms with Gasteiger partial charge in [0, 0.05) is 43.7 Å². The van der Waals surface area contributed by atoms with Crippen molar-refractivity contribution in [1.82, 2.24) is 18.5 Å². The minimum absolute atomic E-state index is 0.808. The first-order valence-corrected chi connectivity index (χ1v) is 16.6. The van der Waals surface area contributed by atoms with E-state index in [0.717, 1.165) is 50.1 Å². The molecule has 0 spiro atoms. The Labute approximate surface area is 280 Å². The topological polar surface area (TPSA) is 36.4 Å². The third-order valence-corrected chi connectivity index (χ3v) is 10.2. The third kappa shape index (κ3) is 3.41. The van der Waals surface area contributed by atoms with Crippen LogP contribution in [0.4, 0.5) is 0 Å². The summed E-state index contributed by atoms with van der Waals surface area (Å²) in [5.41, 5.74) is 11.0. The van der Waals surface area contributed by atoms with Gasteiger partial charge in [-0.25, -0.2) is 4.98 Å². The van der Waals surface area contributed by atoms with Gasteiger partial charge in [0.1, 0.15) is 11.4 Å². The van der Waals surface area contributed by atoms with Crippen molar-refractivity contribution in [2.24, 2.45) is 0 Å². The molecule has 0 aliphatic carbocycles. The average Bonchev–Trinajstić information content (AvgIpc) is 3.83. The van der Waals surface area contributed by atoms with Crippen LogP contribution in [0.5, 0.6) is 5.75 Å². The zero-order chi connectivity index (χ0) is 32.2. The van der Waals surface area contributed by atoms with Crippen LogP contribution in [0.25, 0.3) is 93.3 Å². The number of fused-ring (bicyclic) bond motifs is 17. The summed E-state index contributed by atoms with van der Waals surface area (Å²) in [6.45, 7) is 0. The van der Waals surface area contributed by atoms with Gasteiger partial charge in [-0.05, 0) is 72.1 Å². The molecule has 0 fully saturated rings. The summed E-state index contributed by atoms with van der Waals surface area (Å²) >= 11 is 0. The van der Waals surface area contributed by atoms with E-state index in [9.17, 15) is 0 Å². The number of hydrogen-bond acceptors (Lipinski definition) is 2. The lowest BCUT2D eigenvalue weighted by Crippen LogP contribution is -1.99. The number of pyridine rings is 1. The minimum atomic E-state index is 0.808. The molecular formula is C44H28N4O. The maximum atomic E-state index is 5.82. The fourth-order valence-corrected chi connectivity index (χ4v) is 8.33. The van der Waals surface area contributed by atoms with Crippen molar-refractivity contribution in [1.29, 1.82) is 0 Å². The van der Waals surface area contributed by atoms with Crippen LogP contribution >= 0.6 is 0 Å². The molecule has 11 aromatic rings. The summed E-state index contributed by atoms with van der Waals surface area (Å²) in [4.78, 5) is 5.32. The number of rotatable bonds is 3. The van der Waals surface area contributed by atoms with E-state index in [1.165, 1.54) is 49.0 Å². The maximum absolute atomic E-state index is 5.82. The zero-order valence-electron chi connectivity index (χ0n) is 26.6. The quantitative estimate of drug-likeness (QED) is 0.183. The van der Waals surface area contributed by atoms with Crippen LogP contribution in [-0.2, 0) is 0 Å². The Bertz CT molecular complexity index is 3130. The predicted molar refractivity (Wildman–Crippen MR) is 203 cm³/mol. The van der Waals surface area contributed by atoms with E-state index < -0.39 is 0 Å². The molecule has 49 heavy (non-hydrogen) atoms. The van der Waals surface area contributed by atoms with Crippen molar-refractivity contribution in [2.45, 2.75) is 0 Å². The molecule has 0 radical (unpaired) electrons. The highest BCUT2D eigenvalue weighted by atomic mass is 16.5. The second kappa shape index (κ2) is 9.72. The number of para-hydroxylation sites is 6. The summed E-state index contributed by atoms with van der Waals surface area (Å²) in [5.74, 6) is 0.808. The summed E-state index contributed by atoms with van der Waals surface area (Å²) in [6, 6.07) is 54.2. The molecule has 230 valence electrons. The predicted octanol–water partition coefficient (Wildman–Crippen LogP) is 11.0. The van der Waals surface area contributed by atoms with Gasteiger partial charge in [-0.2, -0.15) is 0 Å². The van der Waals surface area contributed by atoms with Gasteiger partial charge < -0.3 is 13.9 Å². The lowest BCUT2D eigenvalue weighted by molar-refractivity contribution is 0.415. The van der Waals surface area contributed by atoms with Gasteiger partial charge in [-0.1, -0.05) is 84.9 Å². The molecule has 0 saturated heterocycles. The molecule has 4 heterocycles. The van der Waals surface area contributed by atoms with Crippen molar-refractivity contribution in [2.75, 3.05) is 7.11 Å². The van der Waals surface area contributed by atoms with Gasteiger partial charge in [-0.3, -0.25) is 4.40 Å². The van der Waals surface area contributed by atoms with Crippen LogP contribution in [-0.4, -0.2) is 25.6 Å². The Kier molecular flexibility index (Phi) is 5.25. The monoisotopic (exact) mass is 628 g/mol. The number of aromatic nitrogens is 4. The first-order valence-electron chi connectivity index (χ1n) is 16.6. The maximum Gasteiger partial charge on any atom is 0.146 e. The lowest BCUT2D eigenvalue weighted by Gasteiger charge is -2.17. The van der Waals surface area contributed by atoms with Crippen molar-refractivity contribution >= 4 is 82.0 Å². The first kappa shape index (κ1) is 26.5. The second-order valence-electron chi connectivity index (χ2n) is 12.7. The van der Waals surface area contributed by atoms with E-state index >= 15 is 0 Å². The van der Waals surface area contributed by atoms with Gasteiger partial charge in [0.25, 0.3) is 0 Å². The molecule has 0 unspecified atom stereocenters. The highest BCUT2D eigenvalue weighted by molar-refractivity contribution is 6.40. The number of ether oxygens (including phenoxy) is 1. The normalized spacial score (nSPS) is 12.2. The van der Waals surface area contributed by atoms with E-state index in [2.05, 4.69) is 165 Å². The molecule has 0 bridgehead atoms. The summed E-state index contributed by atoms with van der Waals surface area (Å²) in [5, 5.41) is 8.24. The summed E-state index contributed by atoms with van der Waals surface area (Å²) < 4.78 is 13.2. The molecule has 0 aliphatic heterocycles. The SMILES string of the molecule is COc1ccc2c(c1)c1nc3ccccc3n1c1c2c2c(c3ccccc3n2-c2ccccc2)c2c1c1ccccc1n2-c1ccccc1. The molecule has 0 aliphatic rings. The Hall–Kier alpha value is -6.59. The van der Waals surface area contributed by atoms with Crippen molar-refractivity contribution in [3.8, 4) is 17.1 Å². The standard InChI is InChI=1S/C44H28N4O/c1-49-29-24-25-30-33(26-29)44-45-34-20-10-13-23-37(34)48(44)43-38(30)41-39(31-18-8-11-21-35(31)46(41)27-14-4-2-5-15-27)42-40(43)32-19-9-12-22-36(32)47(42)28-16-6-3-7-17-28/h2-26H,1H3. The number of methoxy groups -OCH3 is 1. The molecule has 0 saturated carbocycles. The second-order valence-corrected chi connectivity index (χ2v) is 12.7. The molecule has 0 N–H and O–H groups in total. The highest BCUT2D eigenvalue weighted by Gasteiger charge is 2.28. The van der Waals surface area contributed by atoms with E-state index in [0.29, 0.717) is 0 Å². The van der Waals surface area contributed by atoms with Crippen LogP contribution < -0.4 is 4.74 Å². The summed E-state index contributed by atoms with van der Waals surface area (Å²) in [7, 11) is 1.73. The largest absolute Gasteiger partial charge is 0.497 e. The summed E-state index contributed by atoms with van der Waals surface area (Å²) in [6.07, 6.45) is 0. The van der Waals surface area contributed by atoms with E-state index in [1.807, 2.05) is 0 Å².